The van der Waals surface area contributed by atoms with E-state index in [9.17, 15) is 4.79 Å². The maximum Gasteiger partial charge on any atom is 0.163 e. The molecule has 0 bridgehead atoms. The Morgan fingerprint density at radius 3 is 2.69 bits per heavy atom. The van der Waals surface area contributed by atoms with Gasteiger partial charge in [-0.25, -0.2) is 0 Å². The molecule has 2 N–H and O–H groups in total. The molecule has 1 atom stereocenters. The van der Waals surface area contributed by atoms with E-state index in [-0.39, 0.29) is 5.78 Å². The zero-order valence-corrected chi connectivity index (χ0v) is 10.4. The SMILES string of the molecule is CCCC(C)CC(=O)c1ccc(N)c(C)c1. The fraction of sp³-hybridized carbons (Fsp3) is 0.500. The van der Waals surface area contributed by atoms with Crippen LogP contribution in [0.25, 0.3) is 0 Å². The predicted molar refractivity (Wildman–Crippen MR) is 68.6 cm³/mol. The molecular formula is C14H21NO. The second-order valence-electron chi connectivity index (χ2n) is 4.59. The number of nitrogens with two attached hydrogens (primary N) is 1. The summed E-state index contributed by atoms with van der Waals surface area (Å²) in [7, 11) is 0. The molecule has 1 aromatic carbocycles. The normalized spacial score (nSPS) is 12.4. The lowest BCUT2D eigenvalue weighted by Crippen LogP contribution is -2.06. The lowest BCUT2D eigenvalue weighted by atomic mass is 9.95. The summed E-state index contributed by atoms with van der Waals surface area (Å²) >= 11 is 0. The Morgan fingerprint density at radius 2 is 2.12 bits per heavy atom. The van der Waals surface area contributed by atoms with Crippen molar-refractivity contribution in [2.45, 2.75) is 40.0 Å². The van der Waals surface area contributed by atoms with Crippen molar-refractivity contribution in [1.82, 2.24) is 0 Å². The van der Waals surface area contributed by atoms with Crippen LogP contribution in [0.1, 0.15) is 49.0 Å². The highest BCUT2D eigenvalue weighted by atomic mass is 16.1. The Labute approximate surface area is 97.9 Å². The quantitative estimate of drug-likeness (QED) is 0.607. The van der Waals surface area contributed by atoms with Crippen LogP contribution in [0.15, 0.2) is 18.2 Å². The molecule has 0 saturated carbocycles. The Morgan fingerprint density at radius 1 is 1.44 bits per heavy atom. The van der Waals surface area contributed by atoms with Crippen LogP contribution in [0.4, 0.5) is 5.69 Å². The summed E-state index contributed by atoms with van der Waals surface area (Å²) in [6.07, 6.45) is 2.88. The topological polar surface area (TPSA) is 43.1 Å². The van der Waals surface area contributed by atoms with Gasteiger partial charge in [-0.3, -0.25) is 4.79 Å². The molecule has 1 aromatic rings. The maximum atomic E-state index is 12.0. The van der Waals surface area contributed by atoms with Crippen molar-refractivity contribution in [2.75, 3.05) is 5.73 Å². The number of Topliss-reactive ketones (excluding diaryl/α,β-unsaturated/α-hetero) is 1. The first-order valence-electron chi connectivity index (χ1n) is 5.94. The van der Waals surface area contributed by atoms with E-state index in [1.165, 1.54) is 0 Å². The molecule has 1 unspecified atom stereocenters. The van der Waals surface area contributed by atoms with Crippen LogP contribution in [-0.2, 0) is 0 Å². The third-order valence-electron chi connectivity index (χ3n) is 2.91. The minimum absolute atomic E-state index is 0.226. The van der Waals surface area contributed by atoms with Gasteiger partial charge in [-0.15, -0.1) is 0 Å². The van der Waals surface area contributed by atoms with Gasteiger partial charge in [-0.05, 0) is 36.6 Å². The third kappa shape index (κ3) is 3.37. The lowest BCUT2D eigenvalue weighted by molar-refractivity contribution is 0.0962. The smallest absolute Gasteiger partial charge is 0.163 e. The average molecular weight is 219 g/mol. The van der Waals surface area contributed by atoms with Gasteiger partial charge < -0.3 is 5.73 Å². The largest absolute Gasteiger partial charge is 0.399 e. The Kier molecular flexibility index (Phi) is 4.53. The summed E-state index contributed by atoms with van der Waals surface area (Å²) in [5, 5.41) is 0. The van der Waals surface area contributed by atoms with E-state index >= 15 is 0 Å². The van der Waals surface area contributed by atoms with Gasteiger partial charge in [0.25, 0.3) is 0 Å². The molecule has 0 spiro atoms. The summed E-state index contributed by atoms with van der Waals surface area (Å²) in [5.74, 6) is 0.694. The highest BCUT2D eigenvalue weighted by molar-refractivity contribution is 5.96. The van der Waals surface area contributed by atoms with Crippen LogP contribution < -0.4 is 5.73 Å². The number of nitrogen functional groups attached to an aromatic ring is 1. The molecule has 0 aromatic heterocycles. The molecule has 0 fully saturated rings. The number of ketones is 1. The molecule has 88 valence electrons. The molecule has 0 heterocycles. The van der Waals surface area contributed by atoms with Crippen LogP contribution >= 0.6 is 0 Å². The molecule has 0 amide bonds. The predicted octanol–water partition coefficient (Wildman–Crippen LogP) is 3.59. The molecule has 0 aliphatic heterocycles. The summed E-state index contributed by atoms with van der Waals surface area (Å²) in [6, 6.07) is 5.52. The number of carbonyl (C=O) groups excluding carboxylic acids is 1. The summed E-state index contributed by atoms with van der Waals surface area (Å²) in [6.45, 7) is 6.21. The minimum atomic E-state index is 0.226. The zero-order chi connectivity index (χ0) is 12.1. The highest BCUT2D eigenvalue weighted by Gasteiger charge is 2.11. The molecule has 0 saturated heterocycles. The van der Waals surface area contributed by atoms with Crippen LogP contribution in [0.5, 0.6) is 0 Å². The van der Waals surface area contributed by atoms with Crippen molar-refractivity contribution in [1.29, 1.82) is 0 Å². The molecule has 2 nitrogen and oxygen atoms in total. The number of anilines is 1. The summed E-state index contributed by atoms with van der Waals surface area (Å²) < 4.78 is 0. The fourth-order valence-electron chi connectivity index (χ4n) is 1.88. The van der Waals surface area contributed by atoms with E-state index in [0.29, 0.717) is 12.3 Å². The number of hydrogen-bond acceptors (Lipinski definition) is 2. The second kappa shape index (κ2) is 5.69. The fourth-order valence-corrected chi connectivity index (χ4v) is 1.88. The summed E-state index contributed by atoms with van der Waals surface area (Å²) in [4.78, 5) is 12.0. The third-order valence-corrected chi connectivity index (χ3v) is 2.91. The van der Waals surface area contributed by atoms with E-state index in [1.54, 1.807) is 0 Å². The monoisotopic (exact) mass is 219 g/mol. The standard InChI is InChI=1S/C14H21NO/c1-4-5-10(2)8-14(16)12-6-7-13(15)11(3)9-12/h6-7,9-10H,4-5,8,15H2,1-3H3. The van der Waals surface area contributed by atoms with E-state index in [2.05, 4.69) is 13.8 Å². The van der Waals surface area contributed by atoms with Gasteiger partial charge in [0.1, 0.15) is 0 Å². The first-order chi connectivity index (χ1) is 7.54. The number of hydrogen-bond donors (Lipinski definition) is 1. The van der Waals surface area contributed by atoms with Gasteiger partial charge in [0.05, 0.1) is 0 Å². The molecule has 0 aliphatic rings. The highest BCUT2D eigenvalue weighted by Crippen LogP contribution is 2.17. The molecule has 1 rings (SSSR count). The van der Waals surface area contributed by atoms with Crippen molar-refractivity contribution in [2.24, 2.45) is 5.92 Å². The van der Waals surface area contributed by atoms with E-state index in [1.807, 2.05) is 25.1 Å². The van der Waals surface area contributed by atoms with E-state index < -0.39 is 0 Å². The molecule has 2 heteroatoms. The van der Waals surface area contributed by atoms with Gasteiger partial charge in [0, 0.05) is 17.7 Å². The van der Waals surface area contributed by atoms with Crippen molar-refractivity contribution in [3.63, 3.8) is 0 Å². The van der Waals surface area contributed by atoms with Gasteiger partial charge in [-0.1, -0.05) is 26.7 Å². The van der Waals surface area contributed by atoms with Crippen molar-refractivity contribution in [3.8, 4) is 0 Å². The average Bonchev–Trinajstić information content (AvgIpc) is 2.22. The van der Waals surface area contributed by atoms with Gasteiger partial charge in [-0.2, -0.15) is 0 Å². The summed E-state index contributed by atoms with van der Waals surface area (Å²) in [5.41, 5.74) is 8.24. The van der Waals surface area contributed by atoms with E-state index in [4.69, 9.17) is 5.73 Å². The maximum absolute atomic E-state index is 12.0. The first kappa shape index (κ1) is 12.8. The van der Waals surface area contributed by atoms with E-state index in [0.717, 1.165) is 29.7 Å². The lowest BCUT2D eigenvalue weighted by Gasteiger charge is -2.09. The Balaban J connectivity index is 2.69. The molecule has 16 heavy (non-hydrogen) atoms. The van der Waals surface area contributed by atoms with Crippen LogP contribution in [-0.4, -0.2) is 5.78 Å². The van der Waals surface area contributed by atoms with Crippen LogP contribution in [0.3, 0.4) is 0 Å². The first-order valence-corrected chi connectivity index (χ1v) is 5.94. The Hall–Kier alpha value is -1.31. The molecule has 0 radical (unpaired) electrons. The number of rotatable bonds is 5. The number of benzene rings is 1. The number of carbonyl (C=O) groups is 1. The van der Waals surface area contributed by atoms with Crippen LogP contribution in [0, 0.1) is 12.8 Å². The van der Waals surface area contributed by atoms with Gasteiger partial charge in [0.15, 0.2) is 5.78 Å². The van der Waals surface area contributed by atoms with Gasteiger partial charge in [0.2, 0.25) is 0 Å². The van der Waals surface area contributed by atoms with Crippen molar-refractivity contribution in [3.05, 3.63) is 29.3 Å². The van der Waals surface area contributed by atoms with Crippen molar-refractivity contribution < 1.29 is 4.79 Å². The van der Waals surface area contributed by atoms with Crippen LogP contribution in [0.2, 0.25) is 0 Å². The van der Waals surface area contributed by atoms with Crippen molar-refractivity contribution >= 4 is 11.5 Å². The molecular weight excluding hydrogens is 198 g/mol. The minimum Gasteiger partial charge on any atom is -0.399 e. The molecule has 0 aliphatic carbocycles. The Bertz CT molecular complexity index is 371. The van der Waals surface area contributed by atoms with Gasteiger partial charge >= 0.3 is 0 Å². The zero-order valence-electron chi connectivity index (χ0n) is 10.4. The number of aryl methyl sites for hydroxylation is 1. The second-order valence-corrected chi connectivity index (χ2v) is 4.59.